The summed E-state index contributed by atoms with van der Waals surface area (Å²) in [4.78, 5) is 10.3. The highest BCUT2D eigenvalue weighted by molar-refractivity contribution is 7.89. The zero-order valence-electron chi connectivity index (χ0n) is 13.0. The third-order valence-corrected chi connectivity index (χ3v) is 5.05. The molecule has 0 fully saturated rings. The van der Waals surface area contributed by atoms with E-state index >= 15 is 0 Å². The van der Waals surface area contributed by atoms with Gasteiger partial charge in [0.1, 0.15) is 5.82 Å². The van der Waals surface area contributed by atoms with Gasteiger partial charge in [-0.2, -0.15) is 0 Å². The molecule has 2 aromatic carbocycles. The van der Waals surface area contributed by atoms with E-state index in [1.165, 1.54) is 24.3 Å². The van der Waals surface area contributed by atoms with E-state index in [0.29, 0.717) is 12.8 Å². The van der Waals surface area contributed by atoms with Crippen LogP contribution in [0, 0.1) is 22.9 Å². The van der Waals surface area contributed by atoms with E-state index in [9.17, 15) is 22.9 Å². The van der Waals surface area contributed by atoms with Gasteiger partial charge in [-0.1, -0.05) is 6.07 Å². The summed E-state index contributed by atoms with van der Waals surface area (Å²) >= 11 is 0. The largest absolute Gasteiger partial charge is 0.269 e. The number of rotatable bonds is 7. The molecule has 0 aliphatic heterocycles. The summed E-state index contributed by atoms with van der Waals surface area (Å²) in [5, 5.41) is 10.7. The van der Waals surface area contributed by atoms with Crippen LogP contribution in [0.15, 0.2) is 47.4 Å². The monoisotopic (exact) mass is 352 g/mol. The second kappa shape index (κ2) is 7.50. The number of halogens is 1. The van der Waals surface area contributed by atoms with Gasteiger partial charge >= 0.3 is 0 Å². The molecule has 0 aliphatic rings. The highest BCUT2D eigenvalue weighted by Gasteiger charge is 2.13. The van der Waals surface area contributed by atoms with Crippen molar-refractivity contribution in [2.75, 3.05) is 6.54 Å². The smallest absolute Gasteiger partial charge is 0.258 e. The Bertz CT molecular complexity index is 836. The maximum atomic E-state index is 12.8. The molecule has 0 unspecified atom stereocenters. The minimum atomic E-state index is -3.67. The van der Waals surface area contributed by atoms with Crippen LogP contribution in [0.1, 0.15) is 17.5 Å². The lowest BCUT2D eigenvalue weighted by molar-refractivity contribution is -0.384. The van der Waals surface area contributed by atoms with Gasteiger partial charge in [0, 0.05) is 18.7 Å². The molecule has 1 N–H and O–H groups in total. The summed E-state index contributed by atoms with van der Waals surface area (Å²) in [5.74, 6) is -0.498. The Balaban J connectivity index is 1.91. The molecule has 0 radical (unpaired) electrons. The molecular formula is C16H17FN2O4S. The lowest BCUT2D eigenvalue weighted by Crippen LogP contribution is -2.25. The van der Waals surface area contributed by atoms with Gasteiger partial charge in [0.2, 0.25) is 10.0 Å². The third-order valence-electron chi connectivity index (χ3n) is 3.58. The average Bonchev–Trinajstić information content (AvgIpc) is 2.53. The fraction of sp³-hybridized carbons (Fsp3) is 0.250. The van der Waals surface area contributed by atoms with Crippen molar-refractivity contribution < 1.29 is 17.7 Å². The zero-order chi connectivity index (χ0) is 17.7. The Labute approximate surface area is 139 Å². The van der Waals surface area contributed by atoms with Crippen molar-refractivity contribution in [1.82, 2.24) is 4.72 Å². The average molecular weight is 352 g/mol. The first-order valence-corrected chi connectivity index (χ1v) is 8.77. The second-order valence-corrected chi connectivity index (χ2v) is 7.09. The number of sulfonamides is 1. The van der Waals surface area contributed by atoms with E-state index in [4.69, 9.17) is 0 Å². The number of nitro groups is 1. The van der Waals surface area contributed by atoms with Crippen LogP contribution in [0.5, 0.6) is 0 Å². The van der Waals surface area contributed by atoms with Crippen molar-refractivity contribution in [2.24, 2.45) is 0 Å². The van der Waals surface area contributed by atoms with Gasteiger partial charge in [0.25, 0.3) is 5.69 Å². The summed E-state index contributed by atoms with van der Waals surface area (Å²) in [6.07, 6.45) is 1.13. The first kappa shape index (κ1) is 18.0. The minimum absolute atomic E-state index is 0.00964. The number of nitrogens with one attached hydrogen (secondary N) is 1. The first-order chi connectivity index (χ1) is 11.3. The molecule has 8 heteroatoms. The fourth-order valence-corrected chi connectivity index (χ4v) is 3.33. The molecule has 0 saturated heterocycles. The molecule has 6 nitrogen and oxygen atoms in total. The van der Waals surface area contributed by atoms with Crippen LogP contribution in [0.2, 0.25) is 0 Å². The molecule has 0 aliphatic carbocycles. The number of nitrogens with zero attached hydrogens (tertiary/aromatic N) is 1. The van der Waals surface area contributed by atoms with Crippen molar-refractivity contribution in [3.8, 4) is 0 Å². The number of nitro benzene ring substituents is 1. The molecule has 24 heavy (non-hydrogen) atoms. The van der Waals surface area contributed by atoms with E-state index in [-0.39, 0.29) is 17.1 Å². The molecule has 2 aromatic rings. The van der Waals surface area contributed by atoms with Gasteiger partial charge in [0.05, 0.1) is 9.82 Å². The van der Waals surface area contributed by atoms with E-state index in [1.54, 1.807) is 13.0 Å². The van der Waals surface area contributed by atoms with Crippen molar-refractivity contribution in [3.63, 3.8) is 0 Å². The highest BCUT2D eigenvalue weighted by Crippen LogP contribution is 2.18. The Morgan fingerprint density at radius 2 is 1.83 bits per heavy atom. The van der Waals surface area contributed by atoms with E-state index < -0.39 is 20.8 Å². The predicted molar refractivity (Wildman–Crippen MR) is 87.7 cm³/mol. The van der Waals surface area contributed by atoms with E-state index in [1.807, 2.05) is 0 Å². The molecule has 0 bridgehead atoms. The van der Waals surface area contributed by atoms with Gasteiger partial charge in [-0.25, -0.2) is 17.5 Å². The molecule has 0 heterocycles. The van der Waals surface area contributed by atoms with Crippen molar-refractivity contribution in [2.45, 2.75) is 24.7 Å². The van der Waals surface area contributed by atoms with Crippen LogP contribution in [0.4, 0.5) is 10.1 Å². The molecule has 0 atom stereocenters. The summed E-state index contributed by atoms with van der Waals surface area (Å²) in [6, 6.07) is 9.21. The van der Waals surface area contributed by atoms with E-state index in [0.717, 1.165) is 23.3 Å². The molecular weight excluding hydrogens is 335 g/mol. The standard InChI is InChI=1S/C16H17FN2O4S/c1-12-11-15(19(20)21)7-4-13(12)3-2-10-18-24(22,23)16-8-5-14(17)6-9-16/h4-9,11,18H,2-3,10H2,1H3. The Morgan fingerprint density at radius 3 is 2.42 bits per heavy atom. The topological polar surface area (TPSA) is 89.3 Å². The second-order valence-electron chi connectivity index (χ2n) is 5.32. The van der Waals surface area contributed by atoms with Gasteiger partial charge < -0.3 is 0 Å². The lowest BCUT2D eigenvalue weighted by atomic mass is 10.0. The molecule has 0 spiro atoms. The number of hydrogen-bond donors (Lipinski definition) is 1. The SMILES string of the molecule is Cc1cc([N+](=O)[O-])ccc1CCCNS(=O)(=O)c1ccc(F)cc1. The first-order valence-electron chi connectivity index (χ1n) is 7.29. The maximum absolute atomic E-state index is 12.8. The van der Waals surface area contributed by atoms with Gasteiger partial charge in [0.15, 0.2) is 0 Å². The zero-order valence-corrected chi connectivity index (χ0v) is 13.8. The number of benzene rings is 2. The van der Waals surface area contributed by atoms with Crippen LogP contribution in [0.25, 0.3) is 0 Å². The summed E-state index contributed by atoms with van der Waals surface area (Å²) in [7, 11) is -3.67. The molecule has 0 aromatic heterocycles. The summed E-state index contributed by atoms with van der Waals surface area (Å²) in [6.45, 7) is 2.00. The maximum Gasteiger partial charge on any atom is 0.269 e. The number of hydrogen-bond acceptors (Lipinski definition) is 4. The summed E-state index contributed by atoms with van der Waals surface area (Å²) < 4.78 is 39.3. The van der Waals surface area contributed by atoms with Crippen LogP contribution in [-0.4, -0.2) is 19.9 Å². The number of non-ortho nitro benzene ring substituents is 1. The van der Waals surface area contributed by atoms with Gasteiger partial charge in [-0.05, 0) is 55.2 Å². The lowest BCUT2D eigenvalue weighted by Gasteiger charge is -2.08. The van der Waals surface area contributed by atoms with Gasteiger partial charge in [-0.15, -0.1) is 0 Å². The molecule has 0 saturated carbocycles. The predicted octanol–water partition coefficient (Wildman–Crippen LogP) is 2.95. The van der Waals surface area contributed by atoms with Crippen molar-refractivity contribution in [1.29, 1.82) is 0 Å². The van der Waals surface area contributed by atoms with E-state index in [2.05, 4.69) is 4.72 Å². The van der Waals surface area contributed by atoms with Crippen molar-refractivity contribution >= 4 is 15.7 Å². The quantitative estimate of drug-likeness (QED) is 0.471. The molecule has 0 amide bonds. The summed E-state index contributed by atoms with van der Waals surface area (Å²) in [5.41, 5.74) is 1.76. The Kier molecular flexibility index (Phi) is 5.63. The molecule has 128 valence electrons. The minimum Gasteiger partial charge on any atom is -0.258 e. The Morgan fingerprint density at radius 1 is 1.17 bits per heavy atom. The van der Waals surface area contributed by atoms with Gasteiger partial charge in [-0.3, -0.25) is 10.1 Å². The highest BCUT2D eigenvalue weighted by atomic mass is 32.2. The third kappa shape index (κ3) is 4.59. The fourth-order valence-electron chi connectivity index (χ4n) is 2.26. The van der Waals surface area contributed by atoms with Crippen LogP contribution < -0.4 is 4.72 Å². The normalized spacial score (nSPS) is 11.4. The van der Waals surface area contributed by atoms with Crippen molar-refractivity contribution in [3.05, 3.63) is 69.5 Å². The van der Waals surface area contributed by atoms with Crippen LogP contribution in [0.3, 0.4) is 0 Å². The van der Waals surface area contributed by atoms with Crippen LogP contribution >= 0.6 is 0 Å². The Hall–Kier alpha value is -2.32. The molecule has 2 rings (SSSR count). The number of aryl methyl sites for hydroxylation is 2. The van der Waals surface area contributed by atoms with Crippen LogP contribution in [-0.2, 0) is 16.4 Å².